The number of pyridine rings is 1. The van der Waals surface area contributed by atoms with Crippen molar-refractivity contribution in [3.8, 4) is 0 Å². The summed E-state index contributed by atoms with van der Waals surface area (Å²) in [4.78, 5) is 18.2. The summed E-state index contributed by atoms with van der Waals surface area (Å²) in [5.74, 6) is 0.0683. The summed E-state index contributed by atoms with van der Waals surface area (Å²) in [6.07, 6.45) is 5.13. The SMILES string of the molecule is Cn1ccc(CCC(=O)N2CCC(F)(c3ccccn3)CC2)n1. The van der Waals surface area contributed by atoms with Crippen LogP contribution in [0, 0.1) is 0 Å². The maximum absolute atomic E-state index is 15.0. The lowest BCUT2D eigenvalue weighted by Crippen LogP contribution is -2.43. The zero-order chi connectivity index (χ0) is 16.3. The van der Waals surface area contributed by atoms with Crippen LogP contribution in [0.5, 0.6) is 0 Å². The molecule has 0 bridgehead atoms. The van der Waals surface area contributed by atoms with Crippen LogP contribution in [-0.4, -0.2) is 38.7 Å². The molecule has 2 aromatic heterocycles. The summed E-state index contributed by atoms with van der Waals surface area (Å²) in [5.41, 5.74) is -0.0364. The Bertz CT molecular complexity index is 662. The molecule has 1 amide bonds. The zero-order valence-electron chi connectivity index (χ0n) is 13.3. The van der Waals surface area contributed by atoms with Gasteiger partial charge in [-0.15, -0.1) is 0 Å². The molecule has 0 N–H and O–H groups in total. The third kappa shape index (κ3) is 3.57. The van der Waals surface area contributed by atoms with E-state index in [2.05, 4.69) is 10.1 Å². The molecule has 6 heteroatoms. The summed E-state index contributed by atoms with van der Waals surface area (Å²) in [7, 11) is 1.86. The number of carbonyl (C=O) groups is 1. The molecule has 3 heterocycles. The summed E-state index contributed by atoms with van der Waals surface area (Å²) in [6.45, 7) is 0.877. The first-order valence-corrected chi connectivity index (χ1v) is 7.93. The van der Waals surface area contributed by atoms with Gasteiger partial charge in [-0.1, -0.05) is 6.07 Å². The minimum Gasteiger partial charge on any atom is -0.342 e. The number of alkyl halides is 1. The number of aryl methyl sites for hydroxylation is 2. The van der Waals surface area contributed by atoms with E-state index in [-0.39, 0.29) is 5.91 Å². The van der Waals surface area contributed by atoms with Crippen LogP contribution in [0.2, 0.25) is 0 Å². The van der Waals surface area contributed by atoms with Crippen molar-refractivity contribution >= 4 is 5.91 Å². The average molecular weight is 316 g/mol. The van der Waals surface area contributed by atoms with E-state index in [4.69, 9.17) is 0 Å². The number of amides is 1. The van der Waals surface area contributed by atoms with Crippen LogP contribution in [0.1, 0.15) is 30.7 Å². The lowest BCUT2D eigenvalue weighted by Gasteiger charge is -2.36. The minimum absolute atomic E-state index is 0.0683. The number of hydrogen-bond acceptors (Lipinski definition) is 3. The molecule has 1 saturated heterocycles. The number of piperidine rings is 1. The van der Waals surface area contributed by atoms with Gasteiger partial charge in [-0.3, -0.25) is 14.5 Å². The molecule has 1 aliphatic heterocycles. The molecule has 0 spiro atoms. The fourth-order valence-electron chi connectivity index (χ4n) is 2.98. The fraction of sp³-hybridized carbons (Fsp3) is 0.471. The van der Waals surface area contributed by atoms with Crippen LogP contribution in [0.25, 0.3) is 0 Å². The van der Waals surface area contributed by atoms with E-state index >= 15 is 0 Å². The summed E-state index contributed by atoms with van der Waals surface area (Å²) in [5, 5.41) is 4.27. The molecule has 122 valence electrons. The Kier molecular flexibility index (Phi) is 4.41. The van der Waals surface area contributed by atoms with Crippen LogP contribution >= 0.6 is 0 Å². The van der Waals surface area contributed by atoms with Crippen LogP contribution < -0.4 is 0 Å². The number of aromatic nitrogens is 3. The number of hydrogen-bond donors (Lipinski definition) is 0. The van der Waals surface area contributed by atoms with E-state index in [1.165, 1.54) is 0 Å². The third-order valence-electron chi connectivity index (χ3n) is 4.40. The highest BCUT2D eigenvalue weighted by atomic mass is 19.1. The monoisotopic (exact) mass is 316 g/mol. The Morgan fingerprint density at radius 1 is 1.30 bits per heavy atom. The molecule has 0 aromatic carbocycles. The van der Waals surface area contributed by atoms with Crippen molar-refractivity contribution in [3.05, 3.63) is 48.0 Å². The molecule has 0 saturated carbocycles. The molecule has 1 aliphatic rings. The Labute approximate surface area is 135 Å². The first-order chi connectivity index (χ1) is 11.1. The number of carbonyl (C=O) groups excluding carboxylic acids is 1. The number of nitrogens with zero attached hydrogens (tertiary/aromatic N) is 4. The maximum Gasteiger partial charge on any atom is 0.222 e. The molecule has 0 radical (unpaired) electrons. The molecule has 0 unspecified atom stereocenters. The minimum atomic E-state index is -1.42. The van der Waals surface area contributed by atoms with E-state index in [1.807, 2.05) is 19.3 Å². The number of likely N-dealkylation sites (tertiary alicyclic amines) is 1. The Balaban J connectivity index is 1.53. The molecule has 1 fully saturated rings. The average Bonchev–Trinajstić information content (AvgIpc) is 3.00. The summed E-state index contributed by atoms with van der Waals surface area (Å²) >= 11 is 0. The Morgan fingerprint density at radius 2 is 2.09 bits per heavy atom. The van der Waals surface area contributed by atoms with Crippen molar-refractivity contribution in [3.63, 3.8) is 0 Å². The Hall–Kier alpha value is -2.24. The second kappa shape index (κ2) is 6.48. The Morgan fingerprint density at radius 3 is 2.70 bits per heavy atom. The van der Waals surface area contributed by atoms with Crippen molar-refractivity contribution in [1.29, 1.82) is 0 Å². The molecular weight excluding hydrogens is 295 g/mol. The van der Waals surface area contributed by atoms with Gasteiger partial charge in [0.05, 0.1) is 11.4 Å². The van der Waals surface area contributed by atoms with Gasteiger partial charge < -0.3 is 4.90 Å². The lowest BCUT2D eigenvalue weighted by atomic mass is 9.89. The van der Waals surface area contributed by atoms with Gasteiger partial charge in [0.15, 0.2) is 5.67 Å². The van der Waals surface area contributed by atoms with Crippen molar-refractivity contribution < 1.29 is 9.18 Å². The van der Waals surface area contributed by atoms with Crippen molar-refractivity contribution in [1.82, 2.24) is 19.7 Å². The van der Waals surface area contributed by atoms with Gasteiger partial charge in [0, 0.05) is 58.2 Å². The lowest BCUT2D eigenvalue weighted by molar-refractivity contribution is -0.134. The van der Waals surface area contributed by atoms with E-state index in [1.54, 1.807) is 34.0 Å². The highest BCUT2D eigenvalue weighted by molar-refractivity contribution is 5.76. The van der Waals surface area contributed by atoms with Gasteiger partial charge in [0.25, 0.3) is 0 Å². The third-order valence-corrected chi connectivity index (χ3v) is 4.40. The highest BCUT2D eigenvalue weighted by Crippen LogP contribution is 2.35. The highest BCUT2D eigenvalue weighted by Gasteiger charge is 2.38. The first-order valence-electron chi connectivity index (χ1n) is 7.93. The van der Waals surface area contributed by atoms with Crippen LogP contribution in [0.15, 0.2) is 36.7 Å². The molecule has 2 aromatic rings. The van der Waals surface area contributed by atoms with Gasteiger partial charge in [0.1, 0.15) is 0 Å². The normalized spacial score (nSPS) is 17.2. The van der Waals surface area contributed by atoms with E-state index in [0.29, 0.717) is 44.5 Å². The standard InChI is InChI=1S/C17H21FN4O/c1-21-11-7-14(20-21)5-6-16(23)22-12-8-17(18,9-13-22)15-4-2-3-10-19-15/h2-4,7,10-11H,5-6,8-9,12-13H2,1H3. The van der Waals surface area contributed by atoms with Crippen molar-refractivity contribution in [2.24, 2.45) is 7.05 Å². The predicted molar refractivity (Wildman–Crippen MR) is 84.4 cm³/mol. The van der Waals surface area contributed by atoms with Gasteiger partial charge in [-0.2, -0.15) is 5.10 Å². The van der Waals surface area contributed by atoms with Crippen LogP contribution in [-0.2, 0) is 23.9 Å². The van der Waals surface area contributed by atoms with Gasteiger partial charge >= 0.3 is 0 Å². The summed E-state index contributed by atoms with van der Waals surface area (Å²) < 4.78 is 16.7. The maximum atomic E-state index is 15.0. The first kappa shape index (κ1) is 15.6. The summed E-state index contributed by atoms with van der Waals surface area (Å²) in [6, 6.07) is 7.22. The molecule has 0 atom stereocenters. The molecule has 23 heavy (non-hydrogen) atoms. The van der Waals surface area contributed by atoms with Crippen LogP contribution in [0.3, 0.4) is 0 Å². The topological polar surface area (TPSA) is 51.0 Å². The number of rotatable bonds is 4. The molecule has 0 aliphatic carbocycles. The second-order valence-corrected chi connectivity index (χ2v) is 6.04. The zero-order valence-corrected chi connectivity index (χ0v) is 13.3. The van der Waals surface area contributed by atoms with Crippen molar-refractivity contribution in [2.75, 3.05) is 13.1 Å². The fourth-order valence-corrected chi connectivity index (χ4v) is 2.98. The van der Waals surface area contributed by atoms with Crippen LogP contribution in [0.4, 0.5) is 4.39 Å². The van der Waals surface area contributed by atoms with E-state index < -0.39 is 5.67 Å². The largest absolute Gasteiger partial charge is 0.342 e. The van der Waals surface area contributed by atoms with Crippen molar-refractivity contribution in [2.45, 2.75) is 31.4 Å². The van der Waals surface area contributed by atoms with Gasteiger partial charge in [-0.05, 0) is 18.2 Å². The molecular formula is C17H21FN4O. The van der Waals surface area contributed by atoms with E-state index in [0.717, 1.165) is 5.69 Å². The number of halogens is 1. The second-order valence-electron chi connectivity index (χ2n) is 6.04. The smallest absolute Gasteiger partial charge is 0.222 e. The van der Waals surface area contributed by atoms with Gasteiger partial charge in [0.2, 0.25) is 5.91 Å². The van der Waals surface area contributed by atoms with E-state index in [9.17, 15) is 9.18 Å². The van der Waals surface area contributed by atoms with Gasteiger partial charge in [-0.25, -0.2) is 4.39 Å². The quantitative estimate of drug-likeness (QED) is 0.869. The predicted octanol–water partition coefficient (Wildman–Crippen LogP) is 2.24. The molecule has 5 nitrogen and oxygen atoms in total. The molecule has 3 rings (SSSR count).